The molecule has 0 unspecified atom stereocenters. The Kier molecular flexibility index (Phi) is 2.27. The molecule has 0 heterocycles. The van der Waals surface area contributed by atoms with Crippen molar-refractivity contribution < 1.29 is 5.21 Å². The molecule has 0 aromatic rings. The molecular formula is CH3BBrNO. The second-order valence-corrected chi connectivity index (χ2v) is 1.74. The molecule has 4 heteroatoms. The molecule has 0 atom stereocenters. The second kappa shape index (κ2) is 2.26. The number of hydrogen-bond donors (Lipinski definition) is 1. The smallest absolute Gasteiger partial charge is 0.177 e. The maximum atomic E-state index is 7.68. The van der Waals surface area contributed by atoms with Gasteiger partial charge in [0, 0.05) is 0 Å². The van der Waals surface area contributed by atoms with Crippen LogP contribution in [0.1, 0.15) is 0 Å². The minimum atomic E-state index is 0.498. The van der Waals surface area contributed by atoms with Gasteiger partial charge >= 0.3 is 0 Å². The predicted octanol–water partition coefficient (Wildman–Crippen LogP) is -0.240. The largest absolute Gasteiger partial charge is 0.411 e. The van der Waals surface area contributed by atoms with E-state index in [-0.39, 0.29) is 0 Å². The van der Waals surface area contributed by atoms with E-state index < -0.39 is 0 Å². The van der Waals surface area contributed by atoms with E-state index in [1.54, 1.807) is 7.85 Å². The van der Waals surface area contributed by atoms with E-state index in [1.165, 1.54) is 0 Å². The minimum Gasteiger partial charge on any atom is -0.411 e. The van der Waals surface area contributed by atoms with E-state index in [1.807, 2.05) is 0 Å². The van der Waals surface area contributed by atoms with Crippen molar-refractivity contribution in [2.45, 2.75) is 0 Å². The maximum Gasteiger partial charge on any atom is 0.177 e. The molecule has 0 aliphatic rings. The van der Waals surface area contributed by atoms with Gasteiger partial charge in [0.25, 0.3) is 0 Å². The molecule has 0 aliphatic heterocycles. The summed E-state index contributed by atoms with van der Waals surface area (Å²) in [4.78, 5) is 0. The van der Waals surface area contributed by atoms with Crippen LogP contribution in [-0.4, -0.2) is 17.6 Å². The first-order chi connectivity index (χ1) is 2.27. The molecule has 0 amide bonds. The number of nitrogens with zero attached hydrogens (tertiary/aromatic N) is 1. The fraction of sp³-hybridized carbons (Fsp3) is 0. The zero-order valence-electron chi connectivity index (χ0n) is 2.77. The van der Waals surface area contributed by atoms with Gasteiger partial charge in [0.2, 0.25) is 0 Å². The Hall–Kier alpha value is 0.0149. The van der Waals surface area contributed by atoms with Gasteiger partial charge in [-0.05, 0) is 15.9 Å². The van der Waals surface area contributed by atoms with Gasteiger partial charge < -0.3 is 5.21 Å². The van der Waals surface area contributed by atoms with Crippen molar-refractivity contribution in [3.63, 3.8) is 0 Å². The summed E-state index contributed by atoms with van der Waals surface area (Å²) in [6.07, 6.45) is 0. The molecule has 0 fully saturated rings. The van der Waals surface area contributed by atoms with E-state index in [4.69, 9.17) is 5.21 Å². The van der Waals surface area contributed by atoms with Crippen LogP contribution in [0.5, 0.6) is 0 Å². The van der Waals surface area contributed by atoms with Crippen LogP contribution < -0.4 is 0 Å². The first-order valence-corrected chi connectivity index (χ1v) is 1.91. The summed E-state index contributed by atoms with van der Waals surface area (Å²) >= 11 is 2.87. The lowest BCUT2D eigenvalue weighted by molar-refractivity contribution is 0.322. The summed E-state index contributed by atoms with van der Waals surface area (Å²) in [6, 6.07) is 0. The van der Waals surface area contributed by atoms with Gasteiger partial charge in [-0.25, -0.2) is 0 Å². The van der Waals surface area contributed by atoms with E-state index in [9.17, 15) is 0 Å². The number of rotatable bonds is 0. The highest BCUT2D eigenvalue weighted by Crippen LogP contribution is 1.76. The number of halogens is 1. The predicted molar refractivity (Wildman–Crippen MR) is 26.7 cm³/mol. The molecule has 0 spiro atoms. The van der Waals surface area contributed by atoms with Gasteiger partial charge in [0.1, 0.15) is 0 Å². The van der Waals surface area contributed by atoms with Crippen LogP contribution in [0.25, 0.3) is 0 Å². The van der Waals surface area contributed by atoms with Gasteiger partial charge in [0.05, 0.1) is 4.52 Å². The molecule has 28 valence electrons. The van der Waals surface area contributed by atoms with E-state index >= 15 is 0 Å². The second-order valence-electron chi connectivity index (χ2n) is 0.597. The van der Waals surface area contributed by atoms with Crippen molar-refractivity contribution in [1.29, 1.82) is 0 Å². The van der Waals surface area contributed by atoms with E-state index in [0.717, 1.165) is 0 Å². The Labute approximate surface area is 39.4 Å². The van der Waals surface area contributed by atoms with Crippen molar-refractivity contribution in [2.24, 2.45) is 5.16 Å². The van der Waals surface area contributed by atoms with Gasteiger partial charge in [-0.3, -0.25) is 0 Å². The van der Waals surface area contributed by atoms with E-state index in [2.05, 4.69) is 21.1 Å². The molecule has 1 N–H and O–H groups in total. The van der Waals surface area contributed by atoms with Crippen LogP contribution in [0.15, 0.2) is 5.16 Å². The minimum absolute atomic E-state index is 0.498. The third kappa shape index (κ3) is 4.01. The first-order valence-electron chi connectivity index (χ1n) is 1.11. The third-order valence-corrected chi connectivity index (χ3v) is 0.296. The Morgan fingerprint density at radius 2 is 2.20 bits per heavy atom. The topological polar surface area (TPSA) is 32.6 Å². The lowest BCUT2D eigenvalue weighted by atomic mass is 10.2. The highest BCUT2D eigenvalue weighted by Gasteiger charge is 1.69. The van der Waals surface area contributed by atoms with Crippen molar-refractivity contribution >= 4 is 28.3 Å². The van der Waals surface area contributed by atoms with Gasteiger partial charge in [-0.2, -0.15) is 0 Å². The van der Waals surface area contributed by atoms with Crippen molar-refractivity contribution in [3.8, 4) is 0 Å². The Balaban J connectivity index is 3.14. The number of oxime groups is 1. The zero-order chi connectivity index (χ0) is 4.28. The molecule has 0 rings (SSSR count). The molecule has 0 aromatic carbocycles. The summed E-state index contributed by atoms with van der Waals surface area (Å²) in [5, 5.41) is 10.4. The Morgan fingerprint density at radius 1 is 2.00 bits per heavy atom. The first kappa shape index (κ1) is 5.01. The monoisotopic (exact) mass is 135 g/mol. The van der Waals surface area contributed by atoms with Crippen molar-refractivity contribution in [1.82, 2.24) is 0 Å². The molecule has 5 heavy (non-hydrogen) atoms. The average Bonchev–Trinajstić information content (AvgIpc) is 1.38. The van der Waals surface area contributed by atoms with Crippen LogP contribution in [-0.2, 0) is 0 Å². The molecule has 0 bridgehead atoms. The molecule has 0 saturated heterocycles. The lowest BCUT2D eigenvalue weighted by Crippen LogP contribution is -1.77. The summed E-state index contributed by atoms with van der Waals surface area (Å²) in [6.45, 7) is 0. The van der Waals surface area contributed by atoms with Crippen molar-refractivity contribution in [2.75, 3.05) is 0 Å². The fourth-order valence-electron chi connectivity index (χ4n) is 0. The maximum absolute atomic E-state index is 7.68. The standard InChI is InChI=1S/CH3BBrNO/c2-1(3)4-5/h5H,2H2/b4-1-. The third-order valence-electron chi connectivity index (χ3n) is 0.138. The molecule has 0 aromatic heterocycles. The summed E-state index contributed by atoms with van der Waals surface area (Å²) in [5.74, 6) is 0. The molecular weight excluding hydrogens is 133 g/mol. The summed E-state index contributed by atoms with van der Waals surface area (Å²) in [5.41, 5.74) is 0. The SMILES string of the molecule is B/C(Br)=N/O. The highest BCUT2D eigenvalue weighted by molar-refractivity contribution is 9.19. The van der Waals surface area contributed by atoms with Gasteiger partial charge in [0.15, 0.2) is 7.85 Å². The molecule has 0 radical (unpaired) electrons. The van der Waals surface area contributed by atoms with Gasteiger partial charge in [-0.15, -0.1) is 0 Å². The van der Waals surface area contributed by atoms with Crippen LogP contribution >= 0.6 is 15.9 Å². The molecule has 0 aliphatic carbocycles. The van der Waals surface area contributed by atoms with E-state index in [0.29, 0.717) is 4.52 Å². The van der Waals surface area contributed by atoms with Gasteiger partial charge in [-0.1, -0.05) is 5.16 Å². The van der Waals surface area contributed by atoms with Crippen LogP contribution in [0.4, 0.5) is 0 Å². The van der Waals surface area contributed by atoms with Crippen LogP contribution in [0.2, 0.25) is 0 Å². The Morgan fingerprint density at radius 3 is 2.20 bits per heavy atom. The normalized spacial score (nSPS) is 11.8. The molecule has 2 nitrogen and oxygen atoms in total. The lowest BCUT2D eigenvalue weighted by Gasteiger charge is -1.69. The highest BCUT2D eigenvalue weighted by atomic mass is 79.9. The Bertz CT molecular complexity index is 49.6. The van der Waals surface area contributed by atoms with Crippen LogP contribution in [0, 0.1) is 0 Å². The quantitative estimate of drug-likeness (QED) is 0.212. The number of hydrogen-bond acceptors (Lipinski definition) is 2. The van der Waals surface area contributed by atoms with Crippen molar-refractivity contribution in [3.05, 3.63) is 0 Å². The fourth-order valence-corrected chi connectivity index (χ4v) is 0. The van der Waals surface area contributed by atoms with Crippen LogP contribution in [0.3, 0.4) is 0 Å². The summed E-state index contributed by atoms with van der Waals surface area (Å²) < 4.78 is 0.498. The summed E-state index contributed by atoms with van der Waals surface area (Å²) in [7, 11) is 1.64. The zero-order valence-corrected chi connectivity index (χ0v) is 4.36. The molecule has 0 saturated carbocycles. The average molecular weight is 136 g/mol.